The van der Waals surface area contributed by atoms with Crippen molar-refractivity contribution in [3.63, 3.8) is 0 Å². The molecule has 1 fully saturated rings. The van der Waals surface area contributed by atoms with Crippen molar-refractivity contribution in [2.75, 3.05) is 13.1 Å². The zero-order valence-electron chi connectivity index (χ0n) is 14.0. The maximum Gasteiger partial charge on any atom is 0.254 e. The lowest BCUT2D eigenvalue weighted by atomic mass is 10.1. The SMILES string of the molecule is O=C(c1ccc(Cn2ccnc2)cc1)N1CC(Oc2ncccc2Cl)C1. The lowest BCUT2D eigenvalue weighted by Gasteiger charge is -2.38. The number of nitrogens with zero attached hydrogens (tertiary/aromatic N) is 4. The minimum Gasteiger partial charge on any atom is -0.470 e. The smallest absolute Gasteiger partial charge is 0.254 e. The highest BCUT2D eigenvalue weighted by molar-refractivity contribution is 6.31. The molecule has 132 valence electrons. The van der Waals surface area contributed by atoms with E-state index >= 15 is 0 Å². The van der Waals surface area contributed by atoms with E-state index in [4.69, 9.17) is 16.3 Å². The lowest BCUT2D eigenvalue weighted by molar-refractivity contribution is 0.0160. The van der Waals surface area contributed by atoms with Gasteiger partial charge in [0.25, 0.3) is 5.91 Å². The average molecular weight is 369 g/mol. The molecule has 3 heterocycles. The summed E-state index contributed by atoms with van der Waals surface area (Å²) in [6.45, 7) is 1.80. The molecule has 0 spiro atoms. The Morgan fingerprint density at radius 2 is 2.00 bits per heavy atom. The number of ether oxygens (including phenoxy) is 1. The predicted molar refractivity (Wildman–Crippen MR) is 97.3 cm³/mol. The number of imidazole rings is 1. The molecule has 1 aliphatic rings. The number of halogens is 1. The van der Waals surface area contributed by atoms with Gasteiger partial charge < -0.3 is 14.2 Å². The summed E-state index contributed by atoms with van der Waals surface area (Å²) < 4.78 is 7.71. The van der Waals surface area contributed by atoms with Gasteiger partial charge in [0.05, 0.1) is 19.4 Å². The molecule has 2 aromatic heterocycles. The van der Waals surface area contributed by atoms with Crippen LogP contribution >= 0.6 is 11.6 Å². The second-order valence-electron chi connectivity index (χ2n) is 6.17. The van der Waals surface area contributed by atoms with E-state index in [1.54, 1.807) is 35.8 Å². The molecule has 1 saturated heterocycles. The average Bonchev–Trinajstić information content (AvgIpc) is 3.12. The molecule has 0 atom stereocenters. The van der Waals surface area contributed by atoms with Crippen LogP contribution in [0.2, 0.25) is 5.02 Å². The second kappa shape index (κ2) is 7.17. The van der Waals surface area contributed by atoms with E-state index in [1.165, 1.54) is 0 Å². The van der Waals surface area contributed by atoms with Crippen LogP contribution in [-0.2, 0) is 6.54 Å². The Bertz CT molecular complexity index is 890. The molecule has 7 heteroatoms. The summed E-state index contributed by atoms with van der Waals surface area (Å²) in [5.41, 5.74) is 1.79. The van der Waals surface area contributed by atoms with Crippen LogP contribution in [0.5, 0.6) is 5.88 Å². The van der Waals surface area contributed by atoms with E-state index < -0.39 is 0 Å². The maximum atomic E-state index is 12.5. The van der Waals surface area contributed by atoms with Gasteiger partial charge >= 0.3 is 0 Å². The Hall–Kier alpha value is -2.86. The lowest BCUT2D eigenvalue weighted by Crippen LogP contribution is -2.56. The van der Waals surface area contributed by atoms with Crippen molar-refractivity contribution in [3.8, 4) is 5.88 Å². The first-order valence-corrected chi connectivity index (χ1v) is 8.68. The van der Waals surface area contributed by atoms with E-state index in [0.717, 1.165) is 12.1 Å². The van der Waals surface area contributed by atoms with E-state index in [0.29, 0.717) is 29.6 Å². The third-order valence-electron chi connectivity index (χ3n) is 4.26. The molecule has 0 saturated carbocycles. The van der Waals surface area contributed by atoms with Crippen LogP contribution in [0.25, 0.3) is 0 Å². The number of hydrogen-bond donors (Lipinski definition) is 0. The molecule has 26 heavy (non-hydrogen) atoms. The van der Waals surface area contributed by atoms with Crippen LogP contribution < -0.4 is 4.74 Å². The van der Waals surface area contributed by atoms with Gasteiger partial charge in [-0.3, -0.25) is 4.79 Å². The fourth-order valence-electron chi connectivity index (χ4n) is 2.82. The Morgan fingerprint density at radius 1 is 1.19 bits per heavy atom. The Morgan fingerprint density at radius 3 is 2.69 bits per heavy atom. The molecule has 0 bridgehead atoms. The van der Waals surface area contributed by atoms with E-state index in [2.05, 4.69) is 9.97 Å². The third kappa shape index (κ3) is 3.55. The Balaban J connectivity index is 1.32. The first kappa shape index (κ1) is 16.6. The van der Waals surface area contributed by atoms with Gasteiger partial charge in [-0.2, -0.15) is 0 Å². The van der Waals surface area contributed by atoms with Crippen LogP contribution in [0.15, 0.2) is 61.3 Å². The van der Waals surface area contributed by atoms with Gasteiger partial charge in [-0.1, -0.05) is 23.7 Å². The third-order valence-corrected chi connectivity index (χ3v) is 4.55. The standard InChI is InChI=1S/C19H17ClN4O2/c20-17-2-1-7-22-18(17)26-16-11-24(12-16)19(25)15-5-3-14(4-6-15)10-23-9-8-21-13-23/h1-9,13,16H,10-12H2. The monoisotopic (exact) mass is 368 g/mol. The number of benzene rings is 1. The Labute approximate surface area is 156 Å². The van der Waals surface area contributed by atoms with Crippen molar-refractivity contribution in [1.82, 2.24) is 19.4 Å². The molecule has 4 rings (SSSR count). The van der Waals surface area contributed by atoms with Crippen LogP contribution in [0, 0.1) is 0 Å². The molecule has 1 aromatic carbocycles. The van der Waals surface area contributed by atoms with Crippen LogP contribution in [0.4, 0.5) is 0 Å². The molecule has 0 aliphatic carbocycles. The maximum absolute atomic E-state index is 12.5. The summed E-state index contributed by atoms with van der Waals surface area (Å²) in [5, 5.41) is 0.478. The molecule has 0 unspecified atom stereocenters. The number of aromatic nitrogens is 3. The quantitative estimate of drug-likeness (QED) is 0.694. The number of hydrogen-bond acceptors (Lipinski definition) is 4. The largest absolute Gasteiger partial charge is 0.470 e. The normalized spacial score (nSPS) is 14.1. The number of rotatable bonds is 5. The summed E-state index contributed by atoms with van der Waals surface area (Å²) in [4.78, 5) is 22.4. The number of carbonyl (C=O) groups excluding carboxylic acids is 1. The minimum absolute atomic E-state index is 0.00569. The molecule has 0 N–H and O–H groups in total. The summed E-state index contributed by atoms with van der Waals surface area (Å²) in [5.74, 6) is 0.418. The van der Waals surface area contributed by atoms with Crippen LogP contribution in [0.1, 0.15) is 15.9 Å². The molecule has 3 aromatic rings. The zero-order chi connectivity index (χ0) is 17.9. The van der Waals surface area contributed by atoms with Crippen molar-refractivity contribution in [3.05, 3.63) is 77.5 Å². The summed E-state index contributed by atoms with van der Waals surface area (Å²) in [6, 6.07) is 11.1. The van der Waals surface area contributed by atoms with Crippen molar-refractivity contribution in [2.24, 2.45) is 0 Å². The van der Waals surface area contributed by atoms with Crippen LogP contribution in [0.3, 0.4) is 0 Å². The molecule has 0 radical (unpaired) electrons. The van der Waals surface area contributed by atoms with Gasteiger partial charge in [-0.15, -0.1) is 0 Å². The van der Waals surface area contributed by atoms with E-state index in [9.17, 15) is 4.79 Å². The zero-order valence-corrected chi connectivity index (χ0v) is 14.7. The van der Waals surface area contributed by atoms with Gasteiger partial charge in [-0.25, -0.2) is 9.97 Å². The summed E-state index contributed by atoms with van der Waals surface area (Å²) in [7, 11) is 0. The fraction of sp³-hybridized carbons (Fsp3) is 0.211. The van der Waals surface area contributed by atoms with E-state index in [-0.39, 0.29) is 12.0 Å². The molecule has 6 nitrogen and oxygen atoms in total. The van der Waals surface area contributed by atoms with Gasteiger partial charge in [0.15, 0.2) is 0 Å². The Kier molecular flexibility index (Phi) is 4.58. The van der Waals surface area contributed by atoms with Gasteiger partial charge in [0.2, 0.25) is 5.88 Å². The second-order valence-corrected chi connectivity index (χ2v) is 6.58. The van der Waals surface area contributed by atoms with E-state index in [1.807, 2.05) is 35.0 Å². The molecule has 1 aliphatic heterocycles. The van der Waals surface area contributed by atoms with Gasteiger partial charge in [0.1, 0.15) is 11.1 Å². The van der Waals surface area contributed by atoms with Crippen molar-refractivity contribution >= 4 is 17.5 Å². The van der Waals surface area contributed by atoms with Crippen LogP contribution in [-0.4, -0.2) is 44.5 Å². The van der Waals surface area contributed by atoms with Gasteiger partial charge in [-0.05, 0) is 29.8 Å². The highest BCUT2D eigenvalue weighted by Crippen LogP contribution is 2.24. The first-order valence-electron chi connectivity index (χ1n) is 8.30. The van der Waals surface area contributed by atoms with Crippen molar-refractivity contribution < 1.29 is 9.53 Å². The summed E-state index contributed by atoms with van der Waals surface area (Å²) >= 11 is 6.04. The summed E-state index contributed by atoms with van der Waals surface area (Å²) in [6.07, 6.45) is 6.99. The fourth-order valence-corrected chi connectivity index (χ4v) is 2.99. The highest BCUT2D eigenvalue weighted by Gasteiger charge is 2.33. The molecular weight excluding hydrogens is 352 g/mol. The molecule has 1 amide bonds. The minimum atomic E-state index is -0.0770. The highest BCUT2D eigenvalue weighted by atomic mass is 35.5. The number of amides is 1. The topological polar surface area (TPSA) is 60.2 Å². The van der Waals surface area contributed by atoms with Gasteiger partial charge in [0, 0.05) is 30.7 Å². The number of pyridine rings is 1. The van der Waals surface area contributed by atoms with Crippen molar-refractivity contribution in [1.29, 1.82) is 0 Å². The number of carbonyl (C=O) groups is 1. The van der Waals surface area contributed by atoms with Crippen molar-refractivity contribution in [2.45, 2.75) is 12.6 Å². The first-order chi connectivity index (χ1) is 12.7. The number of likely N-dealkylation sites (tertiary alicyclic amines) is 1. The molecular formula is C19H17ClN4O2. The predicted octanol–water partition coefficient (Wildman–Crippen LogP) is 2.88.